The molecule has 0 N–H and O–H groups in total. The molecule has 1 aromatic heterocycles. The van der Waals surface area contributed by atoms with Crippen LogP contribution in [0.3, 0.4) is 0 Å². The van der Waals surface area contributed by atoms with E-state index in [1.54, 1.807) is 13.4 Å². The Balaban J connectivity index is 1.36. The summed E-state index contributed by atoms with van der Waals surface area (Å²) in [5, 5.41) is 0. The van der Waals surface area contributed by atoms with E-state index >= 15 is 0 Å². The van der Waals surface area contributed by atoms with E-state index in [2.05, 4.69) is 19.8 Å². The highest BCUT2D eigenvalue weighted by atomic mass is 16.5. The van der Waals surface area contributed by atoms with Gasteiger partial charge in [-0.2, -0.15) is 0 Å². The fourth-order valence-corrected chi connectivity index (χ4v) is 4.30. The molecule has 1 saturated carbocycles. The van der Waals surface area contributed by atoms with Crippen LogP contribution in [-0.2, 0) is 4.74 Å². The summed E-state index contributed by atoms with van der Waals surface area (Å²) >= 11 is 0. The van der Waals surface area contributed by atoms with Crippen LogP contribution < -0.4 is 9.64 Å². The van der Waals surface area contributed by atoms with Gasteiger partial charge in [0.2, 0.25) is 5.88 Å². The van der Waals surface area contributed by atoms with Crippen molar-refractivity contribution in [1.82, 2.24) is 14.9 Å². The number of hydrogen-bond acceptors (Lipinski definition) is 6. The van der Waals surface area contributed by atoms with Crippen LogP contribution in [0.2, 0.25) is 0 Å². The largest absolute Gasteiger partial charge is 0.481 e. The molecule has 1 unspecified atom stereocenters. The fourth-order valence-electron chi connectivity index (χ4n) is 4.30. The van der Waals surface area contributed by atoms with Gasteiger partial charge in [0.05, 0.1) is 13.7 Å². The Bertz CT molecular complexity index is 552. The first kappa shape index (κ1) is 17.0. The van der Waals surface area contributed by atoms with Crippen molar-refractivity contribution >= 4 is 5.82 Å². The first-order valence-corrected chi connectivity index (χ1v) is 9.78. The summed E-state index contributed by atoms with van der Waals surface area (Å²) < 4.78 is 10.9. The molecule has 0 bridgehead atoms. The number of likely N-dealkylation sites (tertiary alicyclic amines) is 1. The molecule has 6 nitrogen and oxygen atoms in total. The maximum absolute atomic E-state index is 5.64. The van der Waals surface area contributed by atoms with Crippen molar-refractivity contribution in [3.63, 3.8) is 0 Å². The highest BCUT2D eigenvalue weighted by Crippen LogP contribution is 2.36. The number of piperidine rings is 1. The Morgan fingerprint density at radius 3 is 2.64 bits per heavy atom. The van der Waals surface area contributed by atoms with Crippen LogP contribution in [0.5, 0.6) is 5.88 Å². The predicted molar refractivity (Wildman–Crippen MR) is 97.1 cm³/mol. The minimum atomic E-state index is 0.589. The SMILES string of the molecule is COc1cc(N(C2CC2)C2CCN(CC3CCCOC3)CC2)ncn1. The maximum atomic E-state index is 5.64. The molecule has 6 heteroatoms. The van der Waals surface area contributed by atoms with Gasteiger partial charge < -0.3 is 19.3 Å². The Labute approximate surface area is 150 Å². The average molecular weight is 346 g/mol. The summed E-state index contributed by atoms with van der Waals surface area (Å²) in [4.78, 5) is 13.9. The highest BCUT2D eigenvalue weighted by Gasteiger charge is 2.36. The van der Waals surface area contributed by atoms with E-state index in [0.29, 0.717) is 18.0 Å². The van der Waals surface area contributed by atoms with Crippen molar-refractivity contribution in [2.45, 2.75) is 50.6 Å². The highest BCUT2D eigenvalue weighted by molar-refractivity contribution is 5.45. The summed E-state index contributed by atoms with van der Waals surface area (Å²) in [7, 11) is 1.67. The molecule has 0 radical (unpaired) electrons. The van der Waals surface area contributed by atoms with E-state index in [1.165, 1.54) is 58.2 Å². The quantitative estimate of drug-likeness (QED) is 0.788. The number of methoxy groups -OCH3 is 1. The topological polar surface area (TPSA) is 50.7 Å². The Morgan fingerprint density at radius 1 is 1.16 bits per heavy atom. The zero-order chi connectivity index (χ0) is 17.1. The van der Waals surface area contributed by atoms with Crippen LogP contribution >= 0.6 is 0 Å². The average Bonchev–Trinajstić information content (AvgIpc) is 3.49. The fraction of sp³-hybridized carbons (Fsp3) is 0.789. The monoisotopic (exact) mass is 346 g/mol. The van der Waals surface area contributed by atoms with E-state index in [9.17, 15) is 0 Å². The molecule has 3 aliphatic rings. The molecule has 0 spiro atoms. The molecule has 2 aliphatic heterocycles. The van der Waals surface area contributed by atoms with Crippen molar-refractivity contribution in [3.8, 4) is 5.88 Å². The second kappa shape index (κ2) is 7.87. The zero-order valence-electron chi connectivity index (χ0n) is 15.3. The molecule has 1 atom stereocenters. The lowest BCUT2D eigenvalue weighted by Crippen LogP contribution is -2.47. The van der Waals surface area contributed by atoms with Gasteiger partial charge in [-0.05, 0) is 44.4 Å². The lowest BCUT2D eigenvalue weighted by Gasteiger charge is -2.40. The minimum absolute atomic E-state index is 0.589. The first-order valence-electron chi connectivity index (χ1n) is 9.78. The van der Waals surface area contributed by atoms with Crippen molar-refractivity contribution in [2.75, 3.05) is 44.9 Å². The van der Waals surface area contributed by atoms with Gasteiger partial charge >= 0.3 is 0 Å². The van der Waals surface area contributed by atoms with Gasteiger partial charge in [0.1, 0.15) is 12.1 Å². The Hall–Kier alpha value is -1.40. The third kappa shape index (κ3) is 4.23. The van der Waals surface area contributed by atoms with E-state index in [4.69, 9.17) is 9.47 Å². The summed E-state index contributed by atoms with van der Waals surface area (Å²) in [5.41, 5.74) is 0. The van der Waals surface area contributed by atoms with Crippen LogP contribution in [0.1, 0.15) is 38.5 Å². The standard InChI is InChI=1S/C19H30N4O2/c1-24-19-11-18(20-14-21-19)23(16-4-5-16)17-6-8-22(9-7-17)12-15-3-2-10-25-13-15/h11,14-17H,2-10,12-13H2,1H3. The van der Waals surface area contributed by atoms with E-state index in [-0.39, 0.29) is 0 Å². The molecular formula is C19H30N4O2. The molecule has 0 aromatic carbocycles. The van der Waals surface area contributed by atoms with Crippen LogP contribution in [0.15, 0.2) is 12.4 Å². The van der Waals surface area contributed by atoms with Gasteiger partial charge in [0.15, 0.2) is 0 Å². The zero-order valence-corrected chi connectivity index (χ0v) is 15.3. The Morgan fingerprint density at radius 2 is 1.96 bits per heavy atom. The number of rotatable bonds is 6. The third-order valence-electron chi connectivity index (χ3n) is 5.76. The van der Waals surface area contributed by atoms with Crippen molar-refractivity contribution in [2.24, 2.45) is 5.92 Å². The summed E-state index contributed by atoms with van der Waals surface area (Å²) in [6.07, 6.45) is 9.19. The first-order chi connectivity index (χ1) is 12.3. The number of hydrogen-bond donors (Lipinski definition) is 0. The lowest BCUT2D eigenvalue weighted by atomic mass is 9.98. The molecule has 3 fully saturated rings. The molecule has 1 aromatic rings. The van der Waals surface area contributed by atoms with Crippen LogP contribution in [-0.4, -0.2) is 66.9 Å². The van der Waals surface area contributed by atoms with Crippen molar-refractivity contribution in [1.29, 1.82) is 0 Å². The second-order valence-electron chi connectivity index (χ2n) is 7.67. The number of ether oxygens (including phenoxy) is 2. The summed E-state index contributed by atoms with van der Waals surface area (Å²) in [5.74, 6) is 2.43. The van der Waals surface area contributed by atoms with Crippen LogP contribution in [0, 0.1) is 5.92 Å². The molecule has 2 saturated heterocycles. The van der Waals surface area contributed by atoms with Gasteiger partial charge in [-0.25, -0.2) is 9.97 Å². The Kier molecular flexibility index (Phi) is 5.36. The normalized spacial score (nSPS) is 25.7. The maximum Gasteiger partial charge on any atom is 0.218 e. The van der Waals surface area contributed by atoms with Crippen LogP contribution in [0.25, 0.3) is 0 Å². The van der Waals surface area contributed by atoms with E-state index in [0.717, 1.165) is 24.9 Å². The predicted octanol–water partition coefficient (Wildman–Crippen LogP) is 2.34. The van der Waals surface area contributed by atoms with Gasteiger partial charge in [0.25, 0.3) is 0 Å². The number of aromatic nitrogens is 2. The number of anilines is 1. The summed E-state index contributed by atoms with van der Waals surface area (Å²) in [6.45, 7) is 5.49. The molecular weight excluding hydrogens is 316 g/mol. The minimum Gasteiger partial charge on any atom is -0.481 e. The molecule has 138 valence electrons. The summed E-state index contributed by atoms with van der Waals surface area (Å²) in [6, 6.07) is 3.23. The van der Waals surface area contributed by atoms with Crippen molar-refractivity contribution in [3.05, 3.63) is 12.4 Å². The van der Waals surface area contributed by atoms with Crippen LogP contribution in [0.4, 0.5) is 5.82 Å². The van der Waals surface area contributed by atoms with Gasteiger partial charge in [-0.1, -0.05) is 0 Å². The van der Waals surface area contributed by atoms with Gasteiger partial charge in [0, 0.05) is 44.4 Å². The molecule has 25 heavy (non-hydrogen) atoms. The second-order valence-corrected chi connectivity index (χ2v) is 7.67. The molecule has 4 rings (SSSR count). The molecule has 3 heterocycles. The van der Waals surface area contributed by atoms with Gasteiger partial charge in [-0.15, -0.1) is 0 Å². The smallest absolute Gasteiger partial charge is 0.218 e. The lowest BCUT2D eigenvalue weighted by molar-refractivity contribution is 0.0345. The van der Waals surface area contributed by atoms with E-state index < -0.39 is 0 Å². The number of nitrogens with zero attached hydrogens (tertiary/aromatic N) is 4. The molecule has 0 amide bonds. The third-order valence-corrected chi connectivity index (χ3v) is 5.76. The van der Waals surface area contributed by atoms with E-state index in [1.807, 2.05) is 6.07 Å². The molecule has 1 aliphatic carbocycles. The van der Waals surface area contributed by atoms with Crippen molar-refractivity contribution < 1.29 is 9.47 Å². The van der Waals surface area contributed by atoms with Gasteiger partial charge in [-0.3, -0.25) is 0 Å².